The molecule has 0 aliphatic carbocycles. The van der Waals surface area contributed by atoms with Crippen LogP contribution < -0.4 is 24.4 Å². The lowest BCUT2D eigenvalue weighted by Crippen LogP contribution is -2.39. The van der Waals surface area contributed by atoms with Crippen LogP contribution in [0.2, 0.25) is 5.02 Å². The van der Waals surface area contributed by atoms with Crippen LogP contribution in [-0.2, 0) is 14.3 Å². The van der Waals surface area contributed by atoms with Gasteiger partial charge < -0.3 is 18.6 Å². The van der Waals surface area contributed by atoms with Crippen molar-refractivity contribution in [3.63, 3.8) is 0 Å². The number of hydrogen-bond acceptors (Lipinski definition) is 9. The van der Waals surface area contributed by atoms with Crippen molar-refractivity contribution in [1.82, 2.24) is 4.57 Å². The van der Waals surface area contributed by atoms with Crippen molar-refractivity contribution in [2.45, 2.75) is 19.9 Å². The van der Waals surface area contributed by atoms with E-state index in [0.717, 1.165) is 5.56 Å². The minimum atomic E-state index is -0.871. The van der Waals surface area contributed by atoms with E-state index in [1.807, 2.05) is 12.1 Å². The van der Waals surface area contributed by atoms with E-state index >= 15 is 0 Å². The molecule has 2 aromatic carbocycles. The lowest BCUT2D eigenvalue weighted by molar-refractivity contribution is -0.136. The fraction of sp³-hybridized carbons (Fsp3) is 0.172. The number of aromatic nitrogens is 1. The number of methoxy groups -OCH3 is 2. The molecule has 4 aromatic rings. The third-order valence-corrected chi connectivity index (χ3v) is 7.41. The molecule has 0 saturated heterocycles. The molecule has 0 spiro atoms. The molecule has 3 heterocycles. The summed E-state index contributed by atoms with van der Waals surface area (Å²) in [5.41, 5.74) is 1.58. The third-order valence-electron chi connectivity index (χ3n) is 6.19. The van der Waals surface area contributed by atoms with Crippen LogP contribution in [-0.4, -0.2) is 30.7 Å². The van der Waals surface area contributed by atoms with Crippen LogP contribution in [0.4, 0.5) is 0 Å². The molecular weight excluding hydrogens is 556 g/mol. The van der Waals surface area contributed by atoms with E-state index in [0.29, 0.717) is 37.1 Å². The summed E-state index contributed by atoms with van der Waals surface area (Å²) in [5.74, 6) is 0.399. The van der Waals surface area contributed by atoms with E-state index in [9.17, 15) is 14.4 Å². The van der Waals surface area contributed by atoms with Crippen LogP contribution in [0.15, 0.2) is 80.1 Å². The molecule has 1 atom stereocenters. The van der Waals surface area contributed by atoms with Gasteiger partial charge in [0, 0.05) is 23.6 Å². The average molecular weight is 579 g/mol. The summed E-state index contributed by atoms with van der Waals surface area (Å²) in [6.45, 7) is 2.97. The Bertz CT molecular complexity index is 1870. The molecule has 2 aromatic heterocycles. The van der Waals surface area contributed by atoms with Gasteiger partial charge in [0.05, 0.1) is 36.1 Å². The lowest BCUT2D eigenvalue weighted by Gasteiger charge is -2.25. The molecule has 204 valence electrons. The number of benzene rings is 2. The number of rotatable bonds is 6. The highest BCUT2D eigenvalue weighted by Crippen LogP contribution is 2.36. The maximum absolute atomic E-state index is 13.8. The minimum Gasteiger partial charge on any atom is -0.493 e. The number of hydrogen-bond donors (Lipinski definition) is 0. The van der Waals surface area contributed by atoms with Gasteiger partial charge in [-0.15, -0.1) is 0 Å². The smallest absolute Gasteiger partial charge is 0.338 e. The summed E-state index contributed by atoms with van der Waals surface area (Å²) in [6, 6.07) is 14.8. The first kappa shape index (κ1) is 27.2. The predicted molar refractivity (Wildman–Crippen MR) is 149 cm³/mol. The average Bonchev–Trinajstić information content (AvgIpc) is 3.52. The second-order valence-corrected chi connectivity index (χ2v) is 10.2. The fourth-order valence-electron chi connectivity index (χ4n) is 4.46. The van der Waals surface area contributed by atoms with Gasteiger partial charge in [-0.2, -0.15) is 0 Å². The van der Waals surface area contributed by atoms with Gasteiger partial charge >= 0.3 is 11.9 Å². The zero-order chi connectivity index (χ0) is 28.6. The van der Waals surface area contributed by atoms with Crippen molar-refractivity contribution < 1.29 is 28.2 Å². The van der Waals surface area contributed by atoms with Gasteiger partial charge in [-0.05, 0) is 48.9 Å². The number of furan rings is 1. The standard InChI is InChI=1S/C29H23ClN2O7S/c1-15-25(28(35)37-4)26(18-8-10-22(38-16(2)33)23(13-18)36-3)32-27(34)24(40-29(32)31-15)14-20-9-11-21(39-20)17-6-5-7-19(30)12-17/h5-14,26H,1-4H3/b24-14+/t26-/m0/s1. The summed E-state index contributed by atoms with van der Waals surface area (Å²) in [6.07, 6.45) is 1.64. The number of carbonyl (C=O) groups excluding carboxylic acids is 2. The maximum Gasteiger partial charge on any atom is 0.338 e. The maximum atomic E-state index is 13.8. The van der Waals surface area contributed by atoms with Gasteiger partial charge in [0.15, 0.2) is 16.3 Å². The molecule has 1 aliphatic rings. The Hall–Kier alpha value is -4.41. The van der Waals surface area contributed by atoms with Gasteiger partial charge in [0.2, 0.25) is 0 Å². The van der Waals surface area contributed by atoms with Crippen molar-refractivity contribution in [2.75, 3.05) is 14.2 Å². The second-order valence-electron chi connectivity index (χ2n) is 8.79. The number of carbonyl (C=O) groups is 2. The highest BCUT2D eigenvalue weighted by molar-refractivity contribution is 7.07. The Morgan fingerprint density at radius 1 is 1.10 bits per heavy atom. The molecule has 0 N–H and O–H groups in total. The molecule has 0 amide bonds. The highest BCUT2D eigenvalue weighted by Gasteiger charge is 2.33. The monoisotopic (exact) mass is 578 g/mol. The molecule has 1 aliphatic heterocycles. The molecule has 11 heteroatoms. The van der Waals surface area contributed by atoms with Crippen molar-refractivity contribution in [1.29, 1.82) is 0 Å². The van der Waals surface area contributed by atoms with Gasteiger partial charge in [-0.3, -0.25) is 14.2 Å². The molecule has 9 nitrogen and oxygen atoms in total. The predicted octanol–water partition coefficient (Wildman–Crippen LogP) is 4.26. The van der Waals surface area contributed by atoms with E-state index in [1.165, 1.54) is 37.0 Å². The van der Waals surface area contributed by atoms with E-state index < -0.39 is 18.0 Å². The topological polar surface area (TPSA) is 109 Å². The van der Waals surface area contributed by atoms with Crippen molar-refractivity contribution in [3.05, 3.63) is 102 Å². The molecule has 5 rings (SSSR count). The van der Waals surface area contributed by atoms with E-state index in [1.54, 1.807) is 55.5 Å². The number of allylic oxidation sites excluding steroid dienone is 1. The lowest BCUT2D eigenvalue weighted by atomic mass is 9.95. The molecule has 0 saturated carbocycles. The Labute approximate surface area is 237 Å². The highest BCUT2D eigenvalue weighted by atomic mass is 35.5. The molecular formula is C29H23ClN2O7S. The van der Waals surface area contributed by atoms with Gasteiger partial charge in [0.25, 0.3) is 5.56 Å². The number of nitrogens with zero attached hydrogens (tertiary/aromatic N) is 2. The van der Waals surface area contributed by atoms with Crippen molar-refractivity contribution in [2.24, 2.45) is 4.99 Å². The summed E-state index contributed by atoms with van der Waals surface area (Å²) < 4.78 is 23.5. The summed E-state index contributed by atoms with van der Waals surface area (Å²) in [7, 11) is 2.70. The van der Waals surface area contributed by atoms with Gasteiger partial charge in [0.1, 0.15) is 11.5 Å². The number of thiazole rings is 1. The molecule has 0 bridgehead atoms. The zero-order valence-corrected chi connectivity index (χ0v) is 23.5. The van der Waals surface area contributed by atoms with Gasteiger partial charge in [-0.1, -0.05) is 41.1 Å². The van der Waals surface area contributed by atoms with Crippen LogP contribution >= 0.6 is 22.9 Å². The Morgan fingerprint density at radius 2 is 1.90 bits per heavy atom. The van der Waals surface area contributed by atoms with Gasteiger partial charge in [-0.25, -0.2) is 9.79 Å². The Kier molecular flexibility index (Phi) is 7.46. The largest absolute Gasteiger partial charge is 0.493 e. The van der Waals surface area contributed by atoms with Crippen LogP contribution in [0.25, 0.3) is 17.4 Å². The van der Waals surface area contributed by atoms with Crippen molar-refractivity contribution in [3.8, 4) is 22.8 Å². The molecule has 0 unspecified atom stereocenters. The van der Waals surface area contributed by atoms with E-state index in [-0.39, 0.29) is 22.6 Å². The third kappa shape index (κ3) is 5.11. The molecule has 0 fully saturated rings. The van der Waals surface area contributed by atoms with E-state index in [4.69, 9.17) is 30.2 Å². The molecule has 0 radical (unpaired) electrons. The number of fused-ring (bicyclic) bond motifs is 1. The number of halogens is 1. The Morgan fingerprint density at radius 3 is 2.60 bits per heavy atom. The number of esters is 2. The van der Waals surface area contributed by atoms with Crippen LogP contribution in [0, 0.1) is 0 Å². The second kappa shape index (κ2) is 11.0. The van der Waals surface area contributed by atoms with Crippen LogP contribution in [0.1, 0.15) is 31.2 Å². The SMILES string of the molecule is COC(=O)C1=C(C)N=c2s/c(=C/c3ccc(-c4cccc(Cl)c4)o3)c(=O)n2[C@H]1c1ccc(OC(C)=O)c(OC)c1. The molecule has 40 heavy (non-hydrogen) atoms. The fourth-order valence-corrected chi connectivity index (χ4v) is 5.67. The Balaban J connectivity index is 1.65. The first-order valence-electron chi connectivity index (χ1n) is 12.0. The summed E-state index contributed by atoms with van der Waals surface area (Å²) >= 11 is 7.28. The summed E-state index contributed by atoms with van der Waals surface area (Å²) in [4.78, 5) is 43.2. The zero-order valence-electron chi connectivity index (χ0n) is 21.9. The summed E-state index contributed by atoms with van der Waals surface area (Å²) in [5, 5.41) is 0.582. The first-order chi connectivity index (χ1) is 19.2. The van der Waals surface area contributed by atoms with Crippen LogP contribution in [0.5, 0.6) is 11.5 Å². The van der Waals surface area contributed by atoms with Crippen molar-refractivity contribution >= 4 is 41.0 Å². The quantitative estimate of drug-likeness (QED) is 0.248. The normalized spacial score (nSPS) is 14.9. The number of ether oxygens (including phenoxy) is 3. The first-order valence-corrected chi connectivity index (χ1v) is 13.2. The minimum absolute atomic E-state index is 0.199. The van der Waals surface area contributed by atoms with Crippen LogP contribution in [0.3, 0.4) is 0 Å². The van der Waals surface area contributed by atoms with E-state index in [2.05, 4.69) is 4.99 Å².